The Balaban J connectivity index is 1.76. The molecule has 0 spiro atoms. The molecule has 0 aliphatic rings. The summed E-state index contributed by atoms with van der Waals surface area (Å²) in [4.78, 5) is 24.4. The van der Waals surface area contributed by atoms with E-state index >= 15 is 0 Å². The van der Waals surface area contributed by atoms with Crippen LogP contribution in [0.1, 0.15) is 75.3 Å². The van der Waals surface area contributed by atoms with Gasteiger partial charge in [0, 0.05) is 6.07 Å². The van der Waals surface area contributed by atoms with E-state index in [-0.39, 0.29) is 11.2 Å². The van der Waals surface area contributed by atoms with Crippen LogP contribution < -0.4 is 10.2 Å². The third-order valence-electron chi connectivity index (χ3n) is 4.62. The Labute approximate surface area is 160 Å². The van der Waals surface area contributed by atoms with Gasteiger partial charge in [-0.3, -0.25) is 4.79 Å². The quantitative estimate of drug-likeness (QED) is 0.363. The molecule has 0 amide bonds. The van der Waals surface area contributed by atoms with Crippen LogP contribution in [0.4, 0.5) is 0 Å². The van der Waals surface area contributed by atoms with Gasteiger partial charge in [-0.1, -0.05) is 64.4 Å². The molecule has 0 fully saturated rings. The molecule has 5 nitrogen and oxygen atoms in total. The summed E-state index contributed by atoms with van der Waals surface area (Å²) in [6, 6.07) is 6.20. The average Bonchev–Trinajstić information content (AvgIpc) is 2.68. The first-order valence-corrected chi connectivity index (χ1v) is 9.95. The smallest absolute Gasteiger partial charge is 0.374 e. The van der Waals surface area contributed by atoms with Gasteiger partial charge in [-0.15, -0.1) is 0 Å². The number of hydrogen-bond acceptors (Lipinski definition) is 5. The Morgan fingerprint density at radius 3 is 2.33 bits per heavy atom. The van der Waals surface area contributed by atoms with Gasteiger partial charge in [0.05, 0.1) is 13.7 Å². The highest BCUT2D eigenvalue weighted by Gasteiger charge is 2.15. The van der Waals surface area contributed by atoms with E-state index in [9.17, 15) is 9.59 Å². The molecular formula is C22H30O5. The van der Waals surface area contributed by atoms with Gasteiger partial charge in [0.15, 0.2) is 5.43 Å². The summed E-state index contributed by atoms with van der Waals surface area (Å²) in [6.07, 6.45) is 10.8. The molecule has 1 heterocycles. The minimum Gasteiger partial charge on any atom is -0.496 e. The SMILES string of the molecule is CCCCCCCCCCCOC(=O)c1cc(=O)c2c(OC)cccc2o1. The fourth-order valence-corrected chi connectivity index (χ4v) is 3.10. The van der Waals surface area contributed by atoms with Gasteiger partial charge >= 0.3 is 5.97 Å². The first-order chi connectivity index (χ1) is 13.2. The average molecular weight is 374 g/mol. The van der Waals surface area contributed by atoms with Gasteiger partial charge in [-0.2, -0.15) is 0 Å². The van der Waals surface area contributed by atoms with Crippen molar-refractivity contribution in [2.75, 3.05) is 13.7 Å². The Hall–Kier alpha value is -2.30. The zero-order valence-electron chi connectivity index (χ0n) is 16.4. The lowest BCUT2D eigenvalue weighted by Gasteiger charge is -2.07. The number of benzene rings is 1. The molecule has 0 N–H and O–H groups in total. The number of fused-ring (bicyclic) bond motifs is 1. The fraction of sp³-hybridized carbons (Fsp3) is 0.545. The largest absolute Gasteiger partial charge is 0.496 e. The van der Waals surface area contributed by atoms with Crippen LogP contribution in [0.5, 0.6) is 5.75 Å². The minimum atomic E-state index is -0.601. The molecule has 0 aliphatic carbocycles. The molecule has 2 rings (SSSR count). The second-order valence-corrected chi connectivity index (χ2v) is 6.77. The minimum absolute atomic E-state index is 0.0725. The van der Waals surface area contributed by atoms with E-state index in [0.29, 0.717) is 23.3 Å². The van der Waals surface area contributed by atoms with Gasteiger partial charge in [-0.05, 0) is 18.6 Å². The van der Waals surface area contributed by atoms with Crippen molar-refractivity contribution in [1.82, 2.24) is 0 Å². The fourth-order valence-electron chi connectivity index (χ4n) is 3.10. The van der Waals surface area contributed by atoms with E-state index in [1.165, 1.54) is 51.7 Å². The molecular weight excluding hydrogens is 344 g/mol. The highest BCUT2D eigenvalue weighted by atomic mass is 16.5. The van der Waals surface area contributed by atoms with Crippen LogP contribution in [0.2, 0.25) is 0 Å². The van der Waals surface area contributed by atoms with Crippen molar-refractivity contribution >= 4 is 16.9 Å². The second-order valence-electron chi connectivity index (χ2n) is 6.77. The van der Waals surface area contributed by atoms with Crippen LogP contribution in [0.3, 0.4) is 0 Å². The number of methoxy groups -OCH3 is 1. The molecule has 0 bridgehead atoms. The molecule has 148 valence electrons. The van der Waals surface area contributed by atoms with Crippen molar-refractivity contribution in [3.63, 3.8) is 0 Å². The predicted octanol–water partition coefficient (Wildman–Crippen LogP) is 5.49. The number of carbonyl (C=O) groups excluding carboxylic acids is 1. The van der Waals surface area contributed by atoms with Gasteiger partial charge in [0.1, 0.15) is 16.7 Å². The molecule has 27 heavy (non-hydrogen) atoms. The van der Waals surface area contributed by atoms with Crippen molar-refractivity contribution in [2.45, 2.75) is 64.7 Å². The second kappa shape index (κ2) is 11.4. The van der Waals surface area contributed by atoms with E-state index in [1.807, 2.05) is 0 Å². The molecule has 5 heteroatoms. The first kappa shape index (κ1) is 21.0. The van der Waals surface area contributed by atoms with Crippen LogP contribution in [0, 0.1) is 0 Å². The summed E-state index contributed by atoms with van der Waals surface area (Å²) in [7, 11) is 1.49. The molecule has 0 unspecified atom stereocenters. The molecule has 0 radical (unpaired) electrons. The number of carbonyl (C=O) groups is 1. The monoisotopic (exact) mass is 374 g/mol. The topological polar surface area (TPSA) is 65.7 Å². The van der Waals surface area contributed by atoms with Crippen molar-refractivity contribution in [3.8, 4) is 5.75 Å². The summed E-state index contributed by atoms with van der Waals surface area (Å²) in [5.41, 5.74) is 0.000552. The van der Waals surface area contributed by atoms with E-state index in [1.54, 1.807) is 18.2 Å². The normalized spacial score (nSPS) is 10.9. The molecule has 0 saturated heterocycles. The molecule has 2 aromatic rings. The number of hydrogen-bond donors (Lipinski definition) is 0. The third-order valence-corrected chi connectivity index (χ3v) is 4.62. The number of ether oxygens (including phenoxy) is 2. The Bertz CT molecular complexity index is 778. The van der Waals surface area contributed by atoms with Crippen molar-refractivity contribution in [2.24, 2.45) is 0 Å². The van der Waals surface area contributed by atoms with Gasteiger partial charge in [-0.25, -0.2) is 4.79 Å². The lowest BCUT2D eigenvalue weighted by atomic mass is 10.1. The van der Waals surface area contributed by atoms with E-state index in [0.717, 1.165) is 19.3 Å². The highest BCUT2D eigenvalue weighted by Crippen LogP contribution is 2.23. The standard InChI is InChI=1S/C22H30O5/c1-3-4-5-6-7-8-9-10-11-15-26-22(24)20-16-17(23)21-18(25-2)13-12-14-19(21)27-20/h12-14,16H,3-11,15H2,1-2H3. The van der Waals surface area contributed by atoms with Crippen molar-refractivity contribution in [1.29, 1.82) is 0 Å². The summed E-state index contributed by atoms with van der Waals surface area (Å²) >= 11 is 0. The maximum Gasteiger partial charge on any atom is 0.374 e. The number of esters is 1. The van der Waals surface area contributed by atoms with Crippen LogP contribution in [-0.2, 0) is 4.74 Å². The zero-order valence-corrected chi connectivity index (χ0v) is 16.4. The lowest BCUT2D eigenvalue weighted by Crippen LogP contribution is -2.11. The summed E-state index contributed by atoms with van der Waals surface area (Å²) in [5.74, 6) is -0.246. The molecule has 1 aromatic heterocycles. The maximum atomic E-state index is 12.3. The number of rotatable bonds is 12. The lowest BCUT2D eigenvalue weighted by molar-refractivity contribution is 0.0462. The van der Waals surface area contributed by atoms with Crippen molar-refractivity contribution in [3.05, 3.63) is 40.2 Å². The predicted molar refractivity (Wildman–Crippen MR) is 107 cm³/mol. The molecule has 0 saturated carbocycles. The highest BCUT2D eigenvalue weighted by molar-refractivity contribution is 5.90. The number of unbranched alkanes of at least 4 members (excludes halogenated alkanes) is 8. The van der Waals surface area contributed by atoms with Crippen LogP contribution in [-0.4, -0.2) is 19.7 Å². The zero-order chi connectivity index (χ0) is 19.5. The van der Waals surface area contributed by atoms with Crippen molar-refractivity contribution < 1.29 is 18.7 Å². The van der Waals surface area contributed by atoms with Gasteiger partial charge in [0.2, 0.25) is 5.76 Å². The first-order valence-electron chi connectivity index (χ1n) is 9.95. The Morgan fingerprint density at radius 1 is 1.00 bits per heavy atom. The Kier molecular flexibility index (Phi) is 8.89. The summed E-state index contributed by atoms with van der Waals surface area (Å²) in [6.45, 7) is 2.57. The van der Waals surface area contributed by atoms with Gasteiger partial charge in [0.25, 0.3) is 0 Å². The third kappa shape index (κ3) is 6.42. The van der Waals surface area contributed by atoms with Gasteiger partial charge < -0.3 is 13.9 Å². The van der Waals surface area contributed by atoms with E-state index < -0.39 is 5.97 Å². The summed E-state index contributed by atoms with van der Waals surface area (Å²) < 4.78 is 16.0. The molecule has 0 aliphatic heterocycles. The van der Waals surface area contributed by atoms with Crippen LogP contribution >= 0.6 is 0 Å². The summed E-state index contributed by atoms with van der Waals surface area (Å²) in [5, 5.41) is 0.329. The van der Waals surface area contributed by atoms with Crippen LogP contribution in [0.15, 0.2) is 33.5 Å². The molecule has 0 atom stereocenters. The Morgan fingerprint density at radius 2 is 1.67 bits per heavy atom. The van der Waals surface area contributed by atoms with E-state index in [2.05, 4.69) is 6.92 Å². The van der Waals surface area contributed by atoms with Crippen LogP contribution in [0.25, 0.3) is 11.0 Å². The van der Waals surface area contributed by atoms with E-state index in [4.69, 9.17) is 13.9 Å². The molecule has 1 aromatic carbocycles. The maximum absolute atomic E-state index is 12.3.